The molecule has 4 aliphatic carbocycles. The molecule has 1 unspecified atom stereocenters. The summed E-state index contributed by atoms with van der Waals surface area (Å²) in [5, 5.41) is 9.70. The molecule has 1 fully saturated rings. The van der Waals surface area contributed by atoms with Crippen LogP contribution in [-0.4, -0.2) is 11.2 Å². The van der Waals surface area contributed by atoms with Crippen molar-refractivity contribution in [2.75, 3.05) is 0 Å². The van der Waals surface area contributed by atoms with E-state index in [0.29, 0.717) is 23.7 Å². The monoisotopic (exact) mass is 148 g/mol. The van der Waals surface area contributed by atoms with E-state index in [0.717, 1.165) is 6.42 Å². The van der Waals surface area contributed by atoms with Gasteiger partial charge in [-0.05, 0) is 30.1 Å². The number of aliphatic hydroxyl groups excluding tert-OH is 1. The van der Waals surface area contributed by atoms with Gasteiger partial charge in [0.05, 0.1) is 6.10 Å². The Hall–Kier alpha value is -0.560. The van der Waals surface area contributed by atoms with Crippen LogP contribution in [0.4, 0.5) is 0 Å². The number of rotatable bonds is 0. The maximum Gasteiger partial charge on any atom is 0.0588 e. The van der Waals surface area contributed by atoms with Crippen molar-refractivity contribution in [3.05, 3.63) is 24.3 Å². The number of hydrogen-bond donors (Lipinski definition) is 1. The van der Waals surface area contributed by atoms with Crippen LogP contribution >= 0.6 is 0 Å². The molecule has 0 heterocycles. The summed E-state index contributed by atoms with van der Waals surface area (Å²) < 4.78 is 0. The minimum Gasteiger partial charge on any atom is -0.393 e. The fourth-order valence-electron chi connectivity index (χ4n) is 2.61. The Balaban J connectivity index is 2.05. The highest BCUT2D eigenvalue weighted by Crippen LogP contribution is 2.55. The Morgan fingerprint density at radius 2 is 1.64 bits per heavy atom. The molecule has 0 aromatic rings. The second-order valence-electron chi connectivity index (χ2n) is 3.97. The van der Waals surface area contributed by atoms with Gasteiger partial charge in [-0.25, -0.2) is 0 Å². The molecule has 0 aliphatic heterocycles. The molecule has 0 amide bonds. The van der Waals surface area contributed by atoms with Crippen molar-refractivity contribution in [3.63, 3.8) is 0 Å². The molecule has 0 aromatic heterocycles. The predicted molar refractivity (Wildman–Crippen MR) is 42.9 cm³/mol. The highest BCUT2D eigenvalue weighted by Gasteiger charge is 2.53. The van der Waals surface area contributed by atoms with Gasteiger partial charge in [-0.15, -0.1) is 0 Å². The first-order chi connectivity index (χ1) is 5.36. The molecule has 58 valence electrons. The van der Waals surface area contributed by atoms with Crippen LogP contribution in [0.25, 0.3) is 0 Å². The lowest BCUT2D eigenvalue weighted by atomic mass is 10.0. The van der Waals surface area contributed by atoms with Gasteiger partial charge in [-0.1, -0.05) is 24.3 Å². The molecule has 4 bridgehead atoms. The quantitative estimate of drug-likeness (QED) is 0.514. The lowest BCUT2D eigenvalue weighted by Crippen LogP contribution is -2.12. The minimum atomic E-state index is -0.0417. The van der Waals surface area contributed by atoms with Crippen LogP contribution in [0.2, 0.25) is 0 Å². The summed E-state index contributed by atoms with van der Waals surface area (Å²) in [7, 11) is 0. The SMILES string of the molecule is OC1CC2C=C[C@@H]3C1[C@H]3C=C2. The standard InChI is InChI=1S/C10H12O/c11-9-5-6-1-3-7-8(4-2-6)10(7)9/h1-4,6-11H,5H2/t6?,7-,8-,9?,10?/m0/s1. The van der Waals surface area contributed by atoms with Crippen molar-refractivity contribution in [3.8, 4) is 0 Å². The zero-order chi connectivity index (χ0) is 7.42. The van der Waals surface area contributed by atoms with E-state index in [-0.39, 0.29) is 6.10 Å². The van der Waals surface area contributed by atoms with Gasteiger partial charge in [0.25, 0.3) is 0 Å². The summed E-state index contributed by atoms with van der Waals surface area (Å²) in [5.41, 5.74) is 0. The van der Waals surface area contributed by atoms with Gasteiger partial charge in [-0.2, -0.15) is 0 Å². The first-order valence-corrected chi connectivity index (χ1v) is 4.41. The van der Waals surface area contributed by atoms with Crippen LogP contribution in [-0.2, 0) is 0 Å². The summed E-state index contributed by atoms with van der Waals surface area (Å²) in [6, 6.07) is 0. The van der Waals surface area contributed by atoms with E-state index in [2.05, 4.69) is 24.3 Å². The predicted octanol–water partition coefficient (Wildman–Crippen LogP) is 1.36. The van der Waals surface area contributed by atoms with E-state index >= 15 is 0 Å². The molecule has 1 N–H and O–H groups in total. The summed E-state index contributed by atoms with van der Waals surface area (Å²) in [6.45, 7) is 0. The van der Waals surface area contributed by atoms with E-state index in [4.69, 9.17) is 0 Å². The average Bonchev–Trinajstić information content (AvgIpc) is 2.64. The Labute approximate surface area is 66.4 Å². The van der Waals surface area contributed by atoms with Gasteiger partial charge in [0.15, 0.2) is 0 Å². The fraction of sp³-hybridized carbons (Fsp3) is 0.600. The lowest BCUT2D eigenvalue weighted by Gasteiger charge is -2.09. The lowest BCUT2D eigenvalue weighted by molar-refractivity contribution is 0.132. The third kappa shape index (κ3) is 0.694. The molecule has 1 nitrogen and oxygen atoms in total. The maximum absolute atomic E-state index is 9.70. The second-order valence-corrected chi connectivity index (χ2v) is 3.97. The fourth-order valence-corrected chi connectivity index (χ4v) is 2.61. The van der Waals surface area contributed by atoms with Crippen LogP contribution in [0, 0.1) is 23.7 Å². The Bertz CT molecular complexity index is 221. The normalized spacial score (nSPS) is 57.4. The molecule has 4 rings (SSSR count). The molecule has 0 saturated heterocycles. The van der Waals surface area contributed by atoms with Crippen molar-refractivity contribution in [1.82, 2.24) is 0 Å². The van der Waals surface area contributed by atoms with E-state index in [1.54, 1.807) is 0 Å². The Kier molecular flexibility index (Phi) is 0.972. The van der Waals surface area contributed by atoms with Gasteiger partial charge in [0.2, 0.25) is 0 Å². The molecule has 3 atom stereocenters. The number of aliphatic hydroxyl groups is 1. The van der Waals surface area contributed by atoms with Crippen molar-refractivity contribution in [1.29, 1.82) is 0 Å². The topological polar surface area (TPSA) is 20.2 Å². The molecule has 4 aliphatic rings. The van der Waals surface area contributed by atoms with Crippen LogP contribution < -0.4 is 0 Å². The van der Waals surface area contributed by atoms with Gasteiger partial charge in [0, 0.05) is 0 Å². The minimum absolute atomic E-state index is 0.0417. The number of hydrogen-bond acceptors (Lipinski definition) is 1. The molecule has 11 heavy (non-hydrogen) atoms. The van der Waals surface area contributed by atoms with Gasteiger partial charge < -0.3 is 5.11 Å². The van der Waals surface area contributed by atoms with E-state index in [1.807, 2.05) is 0 Å². The van der Waals surface area contributed by atoms with E-state index < -0.39 is 0 Å². The largest absolute Gasteiger partial charge is 0.393 e. The van der Waals surface area contributed by atoms with Gasteiger partial charge >= 0.3 is 0 Å². The molecule has 0 radical (unpaired) electrons. The first kappa shape index (κ1) is 6.01. The second kappa shape index (κ2) is 1.78. The average molecular weight is 148 g/mol. The first-order valence-electron chi connectivity index (χ1n) is 4.41. The smallest absolute Gasteiger partial charge is 0.0588 e. The number of fused-ring (bicyclic) bond motifs is 1. The third-order valence-corrected chi connectivity index (χ3v) is 3.31. The van der Waals surface area contributed by atoms with Gasteiger partial charge in [0.1, 0.15) is 0 Å². The molecule has 0 aromatic carbocycles. The molecular weight excluding hydrogens is 136 g/mol. The van der Waals surface area contributed by atoms with Gasteiger partial charge in [-0.3, -0.25) is 0 Å². The molecular formula is C10H12O. The zero-order valence-electron chi connectivity index (χ0n) is 6.35. The van der Waals surface area contributed by atoms with Crippen LogP contribution in [0.1, 0.15) is 6.42 Å². The summed E-state index contributed by atoms with van der Waals surface area (Å²) in [4.78, 5) is 0. The third-order valence-electron chi connectivity index (χ3n) is 3.31. The van der Waals surface area contributed by atoms with E-state index in [1.165, 1.54) is 0 Å². The van der Waals surface area contributed by atoms with Crippen molar-refractivity contribution in [2.24, 2.45) is 23.7 Å². The molecule has 1 heteroatoms. The molecule has 0 spiro atoms. The van der Waals surface area contributed by atoms with Crippen molar-refractivity contribution >= 4 is 0 Å². The van der Waals surface area contributed by atoms with Crippen molar-refractivity contribution in [2.45, 2.75) is 12.5 Å². The zero-order valence-corrected chi connectivity index (χ0v) is 6.35. The Morgan fingerprint density at radius 3 is 2.27 bits per heavy atom. The Morgan fingerprint density at radius 1 is 1.00 bits per heavy atom. The number of allylic oxidation sites excluding steroid dienone is 4. The van der Waals surface area contributed by atoms with E-state index in [9.17, 15) is 5.11 Å². The van der Waals surface area contributed by atoms with Crippen LogP contribution in [0.5, 0.6) is 0 Å². The molecule has 1 saturated carbocycles. The highest BCUT2D eigenvalue weighted by molar-refractivity contribution is 5.26. The summed E-state index contributed by atoms with van der Waals surface area (Å²) >= 11 is 0. The maximum atomic E-state index is 9.70. The van der Waals surface area contributed by atoms with Crippen molar-refractivity contribution < 1.29 is 5.11 Å². The van der Waals surface area contributed by atoms with Crippen LogP contribution in [0.3, 0.4) is 0 Å². The highest BCUT2D eigenvalue weighted by atomic mass is 16.3. The van der Waals surface area contributed by atoms with Crippen LogP contribution in [0.15, 0.2) is 24.3 Å². The summed E-state index contributed by atoms with van der Waals surface area (Å²) in [5.74, 6) is 2.43. The summed E-state index contributed by atoms with van der Waals surface area (Å²) in [6.07, 6.45) is 10.0.